The first-order valence-corrected chi connectivity index (χ1v) is 6.63. The Hall–Kier alpha value is -1.81. The van der Waals surface area contributed by atoms with Crippen LogP contribution in [0.25, 0.3) is 10.8 Å². The maximum Gasteiger partial charge on any atom is 0.331 e. The Morgan fingerprint density at radius 1 is 1.28 bits per heavy atom. The van der Waals surface area contributed by atoms with Gasteiger partial charge in [-0.1, -0.05) is 35.5 Å². The molecule has 0 N–H and O–H groups in total. The molecule has 0 saturated heterocycles. The van der Waals surface area contributed by atoms with Crippen LogP contribution in [-0.2, 0) is 9.63 Å². The fraction of sp³-hybridized carbons (Fsp3) is 0.143. The van der Waals surface area contributed by atoms with E-state index in [-0.39, 0.29) is 5.97 Å². The van der Waals surface area contributed by atoms with Crippen molar-refractivity contribution in [1.82, 2.24) is 0 Å². The highest BCUT2D eigenvalue weighted by atomic mass is 32.2. The molecule has 1 heterocycles. The summed E-state index contributed by atoms with van der Waals surface area (Å²) in [6.07, 6.45) is 0. The molecule has 0 spiro atoms. The Labute approximate surface area is 109 Å². The standard InChI is InChI=1S/C14H11NO2S/c1-9(16)17-15-12-8-18-13-7-6-10-4-2-3-5-11(10)14(12)13/h2-7H,8H2,1H3/b15-12+. The minimum atomic E-state index is -0.388. The molecule has 0 fully saturated rings. The van der Waals surface area contributed by atoms with Crippen molar-refractivity contribution in [3.63, 3.8) is 0 Å². The SMILES string of the molecule is CC(=O)O/N=C1\CSc2ccc3ccccc3c21. The number of hydrogen-bond acceptors (Lipinski definition) is 4. The minimum absolute atomic E-state index is 0.388. The Morgan fingerprint density at radius 2 is 2.11 bits per heavy atom. The molecular formula is C14H11NO2S. The van der Waals surface area contributed by atoms with Gasteiger partial charge in [-0.15, -0.1) is 11.8 Å². The number of hydrogen-bond donors (Lipinski definition) is 0. The predicted molar refractivity (Wildman–Crippen MR) is 73.0 cm³/mol. The molecule has 18 heavy (non-hydrogen) atoms. The molecule has 0 amide bonds. The molecule has 3 nitrogen and oxygen atoms in total. The van der Waals surface area contributed by atoms with E-state index in [4.69, 9.17) is 4.84 Å². The fourth-order valence-electron chi connectivity index (χ4n) is 2.08. The second-order valence-corrected chi connectivity index (χ2v) is 5.09. The van der Waals surface area contributed by atoms with Gasteiger partial charge in [-0.25, -0.2) is 4.79 Å². The second-order valence-electron chi connectivity index (χ2n) is 4.07. The molecule has 4 heteroatoms. The fourth-order valence-corrected chi connectivity index (χ4v) is 3.10. The summed E-state index contributed by atoms with van der Waals surface area (Å²) in [5.41, 5.74) is 1.93. The van der Waals surface area contributed by atoms with Crippen LogP contribution in [0.3, 0.4) is 0 Å². The zero-order valence-corrected chi connectivity index (χ0v) is 10.7. The summed E-state index contributed by atoms with van der Waals surface area (Å²) in [6.45, 7) is 1.36. The van der Waals surface area contributed by atoms with Gasteiger partial charge in [0.1, 0.15) is 0 Å². The molecule has 0 bridgehead atoms. The van der Waals surface area contributed by atoms with Crippen LogP contribution in [0, 0.1) is 0 Å². The minimum Gasteiger partial charge on any atom is -0.318 e. The summed E-state index contributed by atoms with van der Waals surface area (Å²) < 4.78 is 0. The number of thioether (sulfide) groups is 1. The van der Waals surface area contributed by atoms with Crippen molar-refractivity contribution in [1.29, 1.82) is 0 Å². The van der Waals surface area contributed by atoms with Crippen LogP contribution >= 0.6 is 11.8 Å². The van der Waals surface area contributed by atoms with Gasteiger partial charge in [-0.2, -0.15) is 0 Å². The van der Waals surface area contributed by atoms with Gasteiger partial charge in [-0.3, -0.25) is 0 Å². The third-order valence-electron chi connectivity index (χ3n) is 2.83. The average molecular weight is 257 g/mol. The van der Waals surface area contributed by atoms with Gasteiger partial charge < -0.3 is 4.84 Å². The number of benzene rings is 2. The zero-order chi connectivity index (χ0) is 12.5. The normalized spacial score (nSPS) is 15.9. The Balaban J connectivity index is 2.16. The van der Waals surface area contributed by atoms with E-state index in [2.05, 4.69) is 29.4 Å². The van der Waals surface area contributed by atoms with Gasteiger partial charge >= 0.3 is 5.97 Å². The van der Waals surface area contributed by atoms with Crippen LogP contribution in [-0.4, -0.2) is 17.4 Å². The maximum absolute atomic E-state index is 10.8. The second kappa shape index (κ2) is 4.46. The first-order valence-electron chi connectivity index (χ1n) is 5.65. The summed E-state index contributed by atoms with van der Waals surface area (Å²) in [5, 5.41) is 6.29. The number of rotatable bonds is 1. The lowest BCUT2D eigenvalue weighted by molar-refractivity contribution is -0.140. The molecule has 3 rings (SSSR count). The molecule has 2 aromatic rings. The monoisotopic (exact) mass is 257 g/mol. The van der Waals surface area contributed by atoms with Crippen molar-refractivity contribution in [2.45, 2.75) is 11.8 Å². The molecule has 0 aromatic heterocycles. The Bertz CT molecular complexity index is 664. The number of carbonyl (C=O) groups is 1. The predicted octanol–water partition coefficient (Wildman–Crippen LogP) is 3.21. The lowest BCUT2D eigenvalue weighted by atomic mass is 10.0. The molecule has 1 aliphatic rings. The van der Waals surface area contributed by atoms with E-state index in [1.54, 1.807) is 11.8 Å². The van der Waals surface area contributed by atoms with Crippen LogP contribution < -0.4 is 0 Å². The van der Waals surface area contributed by atoms with E-state index in [9.17, 15) is 4.79 Å². The lowest BCUT2D eigenvalue weighted by Crippen LogP contribution is -2.03. The maximum atomic E-state index is 10.8. The molecule has 2 aromatic carbocycles. The van der Waals surface area contributed by atoms with E-state index in [0.29, 0.717) is 0 Å². The highest BCUT2D eigenvalue weighted by Crippen LogP contribution is 2.36. The number of nitrogens with zero attached hydrogens (tertiary/aromatic N) is 1. The first kappa shape index (κ1) is 11.3. The van der Waals surface area contributed by atoms with Crippen molar-refractivity contribution >= 4 is 34.2 Å². The summed E-state index contributed by atoms with van der Waals surface area (Å²) in [7, 11) is 0. The Kier molecular flexibility index (Phi) is 2.80. The van der Waals surface area contributed by atoms with Crippen LogP contribution in [0.1, 0.15) is 12.5 Å². The summed E-state index contributed by atoms with van der Waals surface area (Å²) >= 11 is 1.72. The molecule has 1 aliphatic heterocycles. The quantitative estimate of drug-likeness (QED) is 0.581. The topological polar surface area (TPSA) is 38.7 Å². The van der Waals surface area contributed by atoms with E-state index in [1.807, 2.05) is 12.1 Å². The first-order chi connectivity index (χ1) is 8.75. The molecule has 0 atom stereocenters. The molecule has 0 aliphatic carbocycles. The van der Waals surface area contributed by atoms with Crippen molar-refractivity contribution in [2.24, 2.45) is 5.16 Å². The third kappa shape index (κ3) is 1.88. The van der Waals surface area contributed by atoms with E-state index >= 15 is 0 Å². The Morgan fingerprint density at radius 3 is 2.94 bits per heavy atom. The molecule has 90 valence electrons. The van der Waals surface area contributed by atoms with Crippen molar-refractivity contribution in [3.05, 3.63) is 42.0 Å². The van der Waals surface area contributed by atoms with Gasteiger partial charge in [0.15, 0.2) is 0 Å². The van der Waals surface area contributed by atoms with E-state index in [1.165, 1.54) is 17.2 Å². The van der Waals surface area contributed by atoms with E-state index in [0.717, 1.165) is 22.4 Å². The lowest BCUT2D eigenvalue weighted by Gasteiger charge is -2.04. The number of oxime groups is 1. The zero-order valence-electron chi connectivity index (χ0n) is 9.84. The summed E-state index contributed by atoms with van der Waals surface area (Å²) in [4.78, 5) is 16.8. The van der Waals surface area contributed by atoms with Crippen molar-refractivity contribution < 1.29 is 9.63 Å². The highest BCUT2D eigenvalue weighted by Gasteiger charge is 2.21. The van der Waals surface area contributed by atoms with Crippen molar-refractivity contribution in [3.8, 4) is 0 Å². The third-order valence-corrected chi connectivity index (χ3v) is 3.90. The van der Waals surface area contributed by atoms with Gasteiger partial charge in [0, 0.05) is 23.1 Å². The van der Waals surface area contributed by atoms with Gasteiger partial charge in [-0.05, 0) is 16.8 Å². The number of fused-ring (bicyclic) bond motifs is 3. The van der Waals surface area contributed by atoms with Crippen LogP contribution in [0.4, 0.5) is 0 Å². The average Bonchev–Trinajstić information content (AvgIpc) is 2.80. The van der Waals surface area contributed by atoms with E-state index < -0.39 is 0 Å². The van der Waals surface area contributed by atoms with Crippen LogP contribution in [0.15, 0.2) is 46.4 Å². The van der Waals surface area contributed by atoms with Gasteiger partial charge in [0.25, 0.3) is 0 Å². The van der Waals surface area contributed by atoms with Crippen LogP contribution in [0.2, 0.25) is 0 Å². The molecule has 0 saturated carbocycles. The summed E-state index contributed by atoms with van der Waals surface area (Å²) in [6, 6.07) is 12.4. The number of carbonyl (C=O) groups excluding carboxylic acids is 1. The molecular weight excluding hydrogens is 246 g/mol. The van der Waals surface area contributed by atoms with Gasteiger partial charge in [0.2, 0.25) is 0 Å². The largest absolute Gasteiger partial charge is 0.331 e. The van der Waals surface area contributed by atoms with Gasteiger partial charge in [0.05, 0.1) is 5.71 Å². The van der Waals surface area contributed by atoms with Crippen molar-refractivity contribution in [2.75, 3.05) is 5.75 Å². The van der Waals surface area contributed by atoms with Crippen LogP contribution in [0.5, 0.6) is 0 Å². The smallest absolute Gasteiger partial charge is 0.318 e. The highest BCUT2D eigenvalue weighted by molar-refractivity contribution is 8.00. The summed E-state index contributed by atoms with van der Waals surface area (Å²) in [5.74, 6) is 0.359. The molecule has 0 radical (unpaired) electrons. The molecule has 0 unspecified atom stereocenters.